The summed E-state index contributed by atoms with van der Waals surface area (Å²) in [6, 6.07) is 3.32. The Balaban J connectivity index is 1.45. The minimum Gasteiger partial charge on any atom is -0.459 e. The molecule has 2 aromatic heterocycles. The lowest BCUT2D eigenvalue weighted by molar-refractivity contribution is -0.152. The molecule has 0 spiro atoms. The van der Waals surface area contributed by atoms with Crippen LogP contribution in [0.25, 0.3) is 0 Å². The normalized spacial score (nSPS) is 15.6. The van der Waals surface area contributed by atoms with E-state index in [0.29, 0.717) is 43.4 Å². The fraction of sp³-hybridized carbons (Fsp3) is 0.529. The molecule has 8 nitrogen and oxygen atoms in total. The van der Waals surface area contributed by atoms with E-state index in [0.717, 1.165) is 0 Å². The number of amides is 1. The highest BCUT2D eigenvalue weighted by atomic mass is 16.6. The molecular weight excluding hydrogens is 326 g/mol. The van der Waals surface area contributed by atoms with Gasteiger partial charge in [-0.15, -0.1) is 0 Å². The molecule has 25 heavy (non-hydrogen) atoms. The van der Waals surface area contributed by atoms with Gasteiger partial charge in [0.05, 0.1) is 12.2 Å². The van der Waals surface area contributed by atoms with Gasteiger partial charge < -0.3 is 18.6 Å². The van der Waals surface area contributed by atoms with Gasteiger partial charge in [0.25, 0.3) is 11.8 Å². The average Bonchev–Trinajstić information content (AvgIpc) is 3.31. The number of carbonyl (C=O) groups is 2. The standard InChI is InChI=1S/C17H21N3O5/c1-11(2)15-18-14(25-19-15)10-24-17(22)12-5-7-20(8-6-12)16(21)13-4-3-9-23-13/h3-4,9,11-12H,5-8,10H2,1-2H3. The van der Waals surface area contributed by atoms with Crippen molar-refractivity contribution in [1.29, 1.82) is 0 Å². The number of carbonyl (C=O) groups excluding carboxylic acids is 2. The Kier molecular flexibility index (Phi) is 5.16. The van der Waals surface area contributed by atoms with Crippen molar-refractivity contribution in [1.82, 2.24) is 15.0 Å². The van der Waals surface area contributed by atoms with Crippen LogP contribution in [0.4, 0.5) is 0 Å². The predicted octanol–water partition coefficient (Wildman–Crippen LogP) is 2.38. The molecule has 0 bridgehead atoms. The number of ether oxygens (including phenoxy) is 1. The first-order valence-corrected chi connectivity index (χ1v) is 8.36. The number of hydrogen-bond donors (Lipinski definition) is 0. The van der Waals surface area contributed by atoms with Crippen LogP contribution < -0.4 is 0 Å². The second-order valence-electron chi connectivity index (χ2n) is 6.35. The Bertz CT molecular complexity index is 714. The highest BCUT2D eigenvalue weighted by Crippen LogP contribution is 2.21. The van der Waals surface area contributed by atoms with E-state index in [1.165, 1.54) is 6.26 Å². The summed E-state index contributed by atoms with van der Waals surface area (Å²) in [7, 11) is 0. The summed E-state index contributed by atoms with van der Waals surface area (Å²) in [6.07, 6.45) is 2.60. The van der Waals surface area contributed by atoms with E-state index in [-0.39, 0.29) is 30.3 Å². The van der Waals surface area contributed by atoms with Crippen molar-refractivity contribution in [2.75, 3.05) is 13.1 Å². The third-order valence-electron chi connectivity index (χ3n) is 4.19. The van der Waals surface area contributed by atoms with Gasteiger partial charge in [-0.2, -0.15) is 4.98 Å². The fourth-order valence-corrected chi connectivity index (χ4v) is 2.69. The van der Waals surface area contributed by atoms with Gasteiger partial charge >= 0.3 is 5.97 Å². The number of furan rings is 1. The minimum atomic E-state index is -0.297. The molecule has 1 amide bonds. The minimum absolute atomic E-state index is 0.0237. The average molecular weight is 347 g/mol. The van der Waals surface area contributed by atoms with Crippen molar-refractivity contribution in [3.8, 4) is 0 Å². The number of nitrogens with zero attached hydrogens (tertiary/aromatic N) is 3. The Labute approximate surface area is 145 Å². The first-order valence-electron chi connectivity index (χ1n) is 8.36. The van der Waals surface area contributed by atoms with Crippen LogP contribution in [-0.2, 0) is 16.1 Å². The predicted molar refractivity (Wildman–Crippen MR) is 85.5 cm³/mol. The van der Waals surface area contributed by atoms with Crippen LogP contribution in [-0.4, -0.2) is 40.0 Å². The summed E-state index contributed by atoms with van der Waals surface area (Å²) in [4.78, 5) is 30.2. The van der Waals surface area contributed by atoms with Crippen LogP contribution in [0.2, 0.25) is 0 Å². The molecule has 0 aliphatic carbocycles. The number of aromatic nitrogens is 2. The lowest BCUT2D eigenvalue weighted by atomic mass is 9.97. The van der Waals surface area contributed by atoms with Gasteiger partial charge in [0.1, 0.15) is 0 Å². The van der Waals surface area contributed by atoms with E-state index >= 15 is 0 Å². The molecule has 0 radical (unpaired) electrons. The van der Waals surface area contributed by atoms with E-state index in [1.54, 1.807) is 17.0 Å². The van der Waals surface area contributed by atoms with E-state index < -0.39 is 0 Å². The first kappa shape index (κ1) is 17.2. The summed E-state index contributed by atoms with van der Waals surface area (Å²) >= 11 is 0. The van der Waals surface area contributed by atoms with E-state index in [1.807, 2.05) is 13.8 Å². The number of likely N-dealkylation sites (tertiary alicyclic amines) is 1. The van der Waals surface area contributed by atoms with Gasteiger partial charge in [-0.05, 0) is 25.0 Å². The zero-order valence-electron chi connectivity index (χ0n) is 14.3. The summed E-state index contributed by atoms with van der Waals surface area (Å²) in [5, 5.41) is 3.83. The van der Waals surface area contributed by atoms with Crippen molar-refractivity contribution in [3.63, 3.8) is 0 Å². The topological polar surface area (TPSA) is 98.7 Å². The van der Waals surface area contributed by atoms with Crippen LogP contribution in [0.15, 0.2) is 27.3 Å². The second-order valence-corrected chi connectivity index (χ2v) is 6.35. The molecule has 0 atom stereocenters. The molecule has 134 valence electrons. The van der Waals surface area contributed by atoms with E-state index in [9.17, 15) is 9.59 Å². The maximum Gasteiger partial charge on any atom is 0.309 e. The molecule has 1 fully saturated rings. The van der Waals surface area contributed by atoms with Gasteiger partial charge in [-0.25, -0.2) is 0 Å². The van der Waals surface area contributed by atoms with Crippen molar-refractivity contribution >= 4 is 11.9 Å². The number of esters is 1. The van der Waals surface area contributed by atoms with Gasteiger partial charge in [-0.1, -0.05) is 19.0 Å². The van der Waals surface area contributed by atoms with Crippen LogP contribution >= 0.6 is 0 Å². The lowest BCUT2D eigenvalue weighted by Gasteiger charge is -2.30. The molecule has 0 unspecified atom stereocenters. The quantitative estimate of drug-likeness (QED) is 0.766. The van der Waals surface area contributed by atoms with E-state index in [2.05, 4.69) is 10.1 Å². The fourth-order valence-electron chi connectivity index (χ4n) is 2.69. The highest BCUT2D eigenvalue weighted by molar-refractivity contribution is 5.91. The third-order valence-corrected chi connectivity index (χ3v) is 4.19. The zero-order valence-corrected chi connectivity index (χ0v) is 14.3. The summed E-state index contributed by atoms with van der Waals surface area (Å²) < 4.78 is 15.4. The third kappa shape index (κ3) is 4.07. The van der Waals surface area contributed by atoms with Gasteiger partial charge in [0.2, 0.25) is 0 Å². The Morgan fingerprint density at radius 1 is 1.36 bits per heavy atom. The lowest BCUT2D eigenvalue weighted by Crippen LogP contribution is -2.40. The monoisotopic (exact) mass is 347 g/mol. The zero-order chi connectivity index (χ0) is 17.8. The largest absolute Gasteiger partial charge is 0.459 e. The van der Waals surface area contributed by atoms with Gasteiger partial charge in [-0.3, -0.25) is 9.59 Å². The molecule has 2 aromatic rings. The number of piperidine rings is 1. The molecule has 1 aliphatic rings. The van der Waals surface area contributed by atoms with Crippen LogP contribution in [0.3, 0.4) is 0 Å². The summed E-state index contributed by atoms with van der Waals surface area (Å²) in [5.74, 6) is 0.687. The van der Waals surface area contributed by atoms with Crippen molar-refractivity contribution in [3.05, 3.63) is 35.9 Å². The maximum atomic E-state index is 12.2. The van der Waals surface area contributed by atoms with Crippen LogP contribution in [0.1, 0.15) is 54.9 Å². The van der Waals surface area contributed by atoms with Gasteiger partial charge in [0.15, 0.2) is 18.2 Å². The SMILES string of the molecule is CC(C)c1noc(COC(=O)C2CCN(C(=O)c3ccco3)CC2)n1. The first-order chi connectivity index (χ1) is 12.0. The molecule has 0 N–H and O–H groups in total. The molecule has 0 aromatic carbocycles. The maximum absolute atomic E-state index is 12.2. The summed E-state index contributed by atoms with van der Waals surface area (Å²) in [6.45, 7) is 4.88. The summed E-state index contributed by atoms with van der Waals surface area (Å²) in [5.41, 5.74) is 0. The number of hydrogen-bond acceptors (Lipinski definition) is 7. The molecule has 3 heterocycles. The molecule has 3 rings (SSSR count). The molecule has 0 saturated carbocycles. The van der Waals surface area contributed by atoms with Crippen molar-refractivity contribution < 1.29 is 23.3 Å². The van der Waals surface area contributed by atoms with Crippen molar-refractivity contribution in [2.45, 2.75) is 39.2 Å². The molecule has 8 heteroatoms. The Morgan fingerprint density at radius 2 is 2.12 bits per heavy atom. The second kappa shape index (κ2) is 7.50. The Morgan fingerprint density at radius 3 is 2.72 bits per heavy atom. The van der Waals surface area contributed by atoms with Crippen molar-refractivity contribution in [2.24, 2.45) is 5.92 Å². The van der Waals surface area contributed by atoms with Gasteiger partial charge in [0, 0.05) is 19.0 Å². The molecule has 1 aliphatic heterocycles. The molecule has 1 saturated heterocycles. The van der Waals surface area contributed by atoms with Crippen LogP contribution in [0, 0.1) is 5.92 Å². The highest BCUT2D eigenvalue weighted by Gasteiger charge is 2.30. The van der Waals surface area contributed by atoms with Crippen LogP contribution in [0.5, 0.6) is 0 Å². The Hall–Kier alpha value is -2.64. The smallest absolute Gasteiger partial charge is 0.309 e. The number of rotatable bonds is 5. The van der Waals surface area contributed by atoms with E-state index in [4.69, 9.17) is 13.7 Å². The molecular formula is C17H21N3O5.